The minimum absolute atomic E-state index is 0.0597. The van der Waals surface area contributed by atoms with Crippen LogP contribution in [0.5, 0.6) is 0 Å². The van der Waals surface area contributed by atoms with Crippen LogP contribution in [0.1, 0.15) is 46.5 Å². The van der Waals surface area contributed by atoms with E-state index in [0.29, 0.717) is 6.54 Å². The highest BCUT2D eigenvalue weighted by atomic mass is 16.5. The van der Waals surface area contributed by atoms with Crippen molar-refractivity contribution >= 4 is 5.91 Å². The molecule has 1 amide bonds. The largest absolute Gasteiger partial charge is 0.375 e. The molecule has 2 unspecified atom stereocenters. The summed E-state index contributed by atoms with van der Waals surface area (Å²) in [7, 11) is 0. The number of ether oxygens (including phenoxy) is 1. The molecule has 0 saturated carbocycles. The van der Waals surface area contributed by atoms with Gasteiger partial charge in [0.05, 0.1) is 5.60 Å². The van der Waals surface area contributed by atoms with Gasteiger partial charge in [-0.25, -0.2) is 0 Å². The van der Waals surface area contributed by atoms with Crippen LogP contribution in [0.4, 0.5) is 0 Å². The normalized spacial score (nSPS) is 25.3. The van der Waals surface area contributed by atoms with Gasteiger partial charge in [0.2, 0.25) is 5.91 Å². The van der Waals surface area contributed by atoms with Gasteiger partial charge in [0, 0.05) is 18.6 Å². The van der Waals surface area contributed by atoms with Crippen LogP contribution in [0, 0.1) is 5.92 Å². The van der Waals surface area contributed by atoms with Crippen molar-refractivity contribution in [1.29, 1.82) is 0 Å². The number of carbonyl (C=O) groups is 1. The molecular formula is C13H26N2O2. The average Bonchev–Trinajstić information content (AvgIpc) is 2.24. The Morgan fingerprint density at radius 3 is 2.88 bits per heavy atom. The molecule has 0 aromatic carbocycles. The van der Waals surface area contributed by atoms with E-state index in [4.69, 9.17) is 10.5 Å². The number of nitrogens with one attached hydrogen (secondary N) is 1. The molecule has 17 heavy (non-hydrogen) atoms. The molecule has 0 radical (unpaired) electrons. The lowest BCUT2D eigenvalue weighted by molar-refractivity contribution is -0.127. The van der Waals surface area contributed by atoms with E-state index < -0.39 is 0 Å². The topological polar surface area (TPSA) is 64.4 Å². The van der Waals surface area contributed by atoms with Crippen molar-refractivity contribution in [2.24, 2.45) is 11.7 Å². The van der Waals surface area contributed by atoms with Gasteiger partial charge in [-0.3, -0.25) is 4.79 Å². The fraction of sp³-hybridized carbons (Fsp3) is 0.923. The molecule has 0 aromatic rings. The maximum Gasteiger partial charge on any atom is 0.223 e. The molecule has 0 aromatic heterocycles. The molecule has 1 aliphatic rings. The van der Waals surface area contributed by atoms with Gasteiger partial charge in [0.15, 0.2) is 0 Å². The molecule has 1 heterocycles. The molecule has 1 aliphatic heterocycles. The maximum absolute atomic E-state index is 11.9. The van der Waals surface area contributed by atoms with Crippen LogP contribution in [0.15, 0.2) is 0 Å². The van der Waals surface area contributed by atoms with Gasteiger partial charge in [-0.05, 0) is 46.1 Å². The summed E-state index contributed by atoms with van der Waals surface area (Å²) in [5, 5.41) is 3.12. The summed E-state index contributed by atoms with van der Waals surface area (Å²) in [5.74, 6) is 0.214. The third-order valence-electron chi connectivity index (χ3n) is 3.33. The second-order valence-electron chi connectivity index (χ2n) is 5.64. The van der Waals surface area contributed by atoms with E-state index in [1.807, 2.05) is 6.92 Å². The van der Waals surface area contributed by atoms with Crippen LogP contribution in [0.25, 0.3) is 0 Å². The Hall–Kier alpha value is -0.610. The summed E-state index contributed by atoms with van der Waals surface area (Å²) >= 11 is 0. The molecule has 1 saturated heterocycles. The van der Waals surface area contributed by atoms with E-state index in [1.165, 1.54) is 0 Å². The number of amides is 1. The fourth-order valence-corrected chi connectivity index (χ4v) is 2.25. The smallest absolute Gasteiger partial charge is 0.223 e. The highest BCUT2D eigenvalue weighted by Gasteiger charge is 2.30. The quantitative estimate of drug-likeness (QED) is 0.766. The van der Waals surface area contributed by atoms with Crippen LogP contribution < -0.4 is 11.1 Å². The lowest BCUT2D eigenvalue weighted by Gasteiger charge is -2.36. The van der Waals surface area contributed by atoms with Crippen LogP contribution >= 0.6 is 0 Å². The molecule has 3 N–H and O–H groups in total. The number of hydrogen-bond acceptors (Lipinski definition) is 3. The predicted octanol–water partition coefficient (Wildman–Crippen LogP) is 1.44. The molecule has 1 fully saturated rings. The molecular weight excluding hydrogens is 216 g/mol. The van der Waals surface area contributed by atoms with E-state index in [-0.39, 0.29) is 23.5 Å². The zero-order valence-corrected chi connectivity index (χ0v) is 11.3. The Morgan fingerprint density at radius 2 is 2.29 bits per heavy atom. The number of nitrogens with two attached hydrogens (primary N) is 1. The van der Waals surface area contributed by atoms with Crippen molar-refractivity contribution in [3.8, 4) is 0 Å². The number of carbonyl (C=O) groups excluding carboxylic acids is 1. The first kappa shape index (κ1) is 14.5. The molecule has 2 atom stereocenters. The van der Waals surface area contributed by atoms with Crippen molar-refractivity contribution in [2.75, 3.05) is 13.2 Å². The Balaban J connectivity index is 2.35. The Kier molecular flexibility index (Phi) is 5.40. The minimum Gasteiger partial charge on any atom is -0.375 e. The van der Waals surface area contributed by atoms with Crippen LogP contribution in [-0.4, -0.2) is 30.7 Å². The summed E-state index contributed by atoms with van der Waals surface area (Å²) < 4.78 is 5.63. The fourth-order valence-electron chi connectivity index (χ4n) is 2.25. The third kappa shape index (κ3) is 5.04. The molecule has 1 rings (SSSR count). The Labute approximate surface area is 104 Å². The molecule has 0 spiro atoms. The monoisotopic (exact) mass is 242 g/mol. The summed E-state index contributed by atoms with van der Waals surface area (Å²) in [5.41, 5.74) is 5.33. The molecule has 4 nitrogen and oxygen atoms in total. The van der Waals surface area contributed by atoms with Gasteiger partial charge < -0.3 is 15.8 Å². The molecule has 100 valence electrons. The van der Waals surface area contributed by atoms with Gasteiger partial charge in [-0.15, -0.1) is 0 Å². The highest BCUT2D eigenvalue weighted by Crippen LogP contribution is 2.24. The lowest BCUT2D eigenvalue weighted by atomic mass is 9.93. The first-order valence-electron chi connectivity index (χ1n) is 6.59. The van der Waals surface area contributed by atoms with E-state index in [9.17, 15) is 4.79 Å². The summed E-state index contributed by atoms with van der Waals surface area (Å²) in [6.07, 6.45) is 3.59. The van der Waals surface area contributed by atoms with E-state index in [2.05, 4.69) is 19.2 Å². The first-order chi connectivity index (χ1) is 7.94. The van der Waals surface area contributed by atoms with E-state index >= 15 is 0 Å². The Morgan fingerprint density at radius 1 is 1.59 bits per heavy atom. The predicted molar refractivity (Wildman–Crippen MR) is 68.6 cm³/mol. The van der Waals surface area contributed by atoms with Gasteiger partial charge in [-0.1, -0.05) is 6.92 Å². The third-order valence-corrected chi connectivity index (χ3v) is 3.33. The van der Waals surface area contributed by atoms with Gasteiger partial charge >= 0.3 is 0 Å². The van der Waals surface area contributed by atoms with Gasteiger partial charge in [-0.2, -0.15) is 0 Å². The van der Waals surface area contributed by atoms with Gasteiger partial charge in [0.1, 0.15) is 0 Å². The summed E-state index contributed by atoms with van der Waals surface area (Å²) in [4.78, 5) is 11.9. The molecule has 4 heteroatoms. The summed E-state index contributed by atoms with van der Waals surface area (Å²) in [6, 6.07) is 0.256. The van der Waals surface area contributed by atoms with E-state index in [0.717, 1.165) is 32.3 Å². The van der Waals surface area contributed by atoms with Crippen molar-refractivity contribution in [1.82, 2.24) is 5.32 Å². The van der Waals surface area contributed by atoms with E-state index in [1.54, 1.807) is 0 Å². The zero-order valence-electron chi connectivity index (χ0n) is 11.3. The second kappa shape index (κ2) is 6.36. The Bertz CT molecular complexity index is 254. The second-order valence-corrected chi connectivity index (χ2v) is 5.64. The number of hydrogen-bond donors (Lipinski definition) is 2. The maximum atomic E-state index is 11.9. The van der Waals surface area contributed by atoms with Gasteiger partial charge in [0.25, 0.3) is 0 Å². The SMILES string of the molecule is CC(CCCN)C(=O)NC1CCOC(C)(C)C1. The molecule has 0 aliphatic carbocycles. The van der Waals surface area contributed by atoms with Crippen LogP contribution in [-0.2, 0) is 9.53 Å². The standard InChI is InChI=1S/C13H26N2O2/c1-10(5-4-7-14)12(16)15-11-6-8-17-13(2,3)9-11/h10-11H,4-9,14H2,1-3H3,(H,15,16). The zero-order chi connectivity index (χ0) is 12.9. The van der Waals surface area contributed by atoms with Crippen molar-refractivity contribution in [2.45, 2.75) is 58.1 Å². The van der Waals surface area contributed by atoms with Crippen molar-refractivity contribution in [3.05, 3.63) is 0 Å². The first-order valence-corrected chi connectivity index (χ1v) is 6.59. The lowest BCUT2D eigenvalue weighted by Crippen LogP contribution is -2.47. The van der Waals surface area contributed by atoms with Crippen LogP contribution in [0.2, 0.25) is 0 Å². The van der Waals surface area contributed by atoms with Crippen molar-refractivity contribution in [3.63, 3.8) is 0 Å². The highest BCUT2D eigenvalue weighted by molar-refractivity contribution is 5.78. The average molecular weight is 242 g/mol. The van der Waals surface area contributed by atoms with Crippen LogP contribution in [0.3, 0.4) is 0 Å². The number of rotatable bonds is 5. The summed E-state index contributed by atoms with van der Waals surface area (Å²) in [6.45, 7) is 7.50. The minimum atomic E-state index is -0.114. The van der Waals surface area contributed by atoms with Crippen molar-refractivity contribution < 1.29 is 9.53 Å². The molecule has 0 bridgehead atoms.